The Bertz CT molecular complexity index is 429. The maximum atomic E-state index is 11.4. The van der Waals surface area contributed by atoms with Gasteiger partial charge in [-0.2, -0.15) is 0 Å². The number of esters is 1. The average molecular weight is 267 g/mol. The Morgan fingerprint density at radius 3 is 2.37 bits per heavy atom. The lowest BCUT2D eigenvalue weighted by atomic mass is 10.3. The highest BCUT2D eigenvalue weighted by atomic mass is 16.5. The second kappa shape index (κ2) is 7.38. The fraction of sp³-hybridized carbons (Fsp3) is 0.385. The Hall–Kier alpha value is -2.08. The summed E-state index contributed by atoms with van der Waals surface area (Å²) in [5.41, 5.74) is 0. The smallest absolute Gasteiger partial charge is 0.325 e. The van der Waals surface area contributed by atoms with Crippen molar-refractivity contribution in [2.75, 3.05) is 13.2 Å². The van der Waals surface area contributed by atoms with Crippen LogP contribution in [-0.4, -0.2) is 36.2 Å². The topological polar surface area (TPSA) is 84.9 Å². The number of hydrogen-bond acceptors (Lipinski definition) is 5. The summed E-state index contributed by atoms with van der Waals surface area (Å²) in [5.74, 6) is -0.482. The number of ether oxygens (including phenoxy) is 2. The van der Waals surface area contributed by atoms with Crippen molar-refractivity contribution in [2.24, 2.45) is 0 Å². The normalized spacial score (nSPS) is 11.7. The van der Waals surface area contributed by atoms with E-state index < -0.39 is 18.0 Å². The summed E-state index contributed by atoms with van der Waals surface area (Å²) in [6.45, 7) is 3.73. The summed E-state index contributed by atoms with van der Waals surface area (Å²) < 4.78 is 10.3. The van der Waals surface area contributed by atoms with Crippen molar-refractivity contribution in [1.29, 1.82) is 0 Å². The third kappa shape index (κ3) is 5.39. The molecule has 0 amide bonds. The lowest BCUT2D eigenvalue weighted by Crippen LogP contribution is -2.38. The van der Waals surface area contributed by atoms with E-state index in [0.29, 0.717) is 18.1 Å². The van der Waals surface area contributed by atoms with Gasteiger partial charge in [0.15, 0.2) is 0 Å². The molecule has 0 aliphatic rings. The molecule has 2 N–H and O–H groups in total. The monoisotopic (exact) mass is 267 g/mol. The van der Waals surface area contributed by atoms with Crippen molar-refractivity contribution in [3.05, 3.63) is 24.3 Å². The van der Waals surface area contributed by atoms with Crippen molar-refractivity contribution >= 4 is 11.9 Å². The molecule has 0 saturated heterocycles. The Balaban J connectivity index is 2.41. The number of carboxylic acid groups (broad SMARTS) is 1. The number of aliphatic carboxylic acids is 1. The van der Waals surface area contributed by atoms with Crippen LogP contribution in [0.5, 0.6) is 11.5 Å². The van der Waals surface area contributed by atoms with Gasteiger partial charge in [0.05, 0.1) is 13.2 Å². The SMILES string of the molecule is CCOc1ccc(OC(=O)CN[C@H](C)C(=O)O)cc1. The van der Waals surface area contributed by atoms with Crippen molar-refractivity contribution in [3.63, 3.8) is 0 Å². The van der Waals surface area contributed by atoms with E-state index in [4.69, 9.17) is 14.6 Å². The average Bonchev–Trinajstić information content (AvgIpc) is 2.38. The van der Waals surface area contributed by atoms with Gasteiger partial charge in [0, 0.05) is 0 Å². The molecule has 19 heavy (non-hydrogen) atoms. The third-order valence-electron chi connectivity index (χ3n) is 2.29. The molecule has 0 spiro atoms. The minimum Gasteiger partial charge on any atom is -0.494 e. The van der Waals surface area contributed by atoms with E-state index >= 15 is 0 Å². The molecule has 1 aromatic rings. The molecule has 6 nitrogen and oxygen atoms in total. The molecule has 0 saturated carbocycles. The first-order valence-electron chi connectivity index (χ1n) is 5.92. The molecule has 0 fully saturated rings. The highest BCUT2D eigenvalue weighted by Crippen LogP contribution is 2.17. The molecule has 0 bridgehead atoms. The predicted octanol–water partition coefficient (Wildman–Crippen LogP) is 1.05. The van der Waals surface area contributed by atoms with Crippen molar-refractivity contribution in [3.8, 4) is 11.5 Å². The van der Waals surface area contributed by atoms with E-state index in [1.807, 2.05) is 6.92 Å². The Morgan fingerprint density at radius 1 is 1.26 bits per heavy atom. The molecule has 0 radical (unpaired) electrons. The fourth-order valence-corrected chi connectivity index (χ4v) is 1.26. The molecule has 6 heteroatoms. The molecule has 1 aromatic carbocycles. The van der Waals surface area contributed by atoms with E-state index in [2.05, 4.69) is 5.32 Å². The quantitative estimate of drug-likeness (QED) is 0.567. The molecular formula is C13H17NO5. The first-order valence-corrected chi connectivity index (χ1v) is 5.92. The standard InChI is InChI=1S/C13H17NO5/c1-3-18-10-4-6-11(7-5-10)19-12(15)8-14-9(2)13(16)17/h4-7,9,14H,3,8H2,1-2H3,(H,16,17)/t9-/m1/s1. The summed E-state index contributed by atoms with van der Waals surface area (Å²) in [6, 6.07) is 5.82. The van der Waals surface area contributed by atoms with Gasteiger partial charge in [0.25, 0.3) is 0 Å². The maximum absolute atomic E-state index is 11.4. The van der Waals surface area contributed by atoms with E-state index in [0.717, 1.165) is 0 Å². The van der Waals surface area contributed by atoms with Gasteiger partial charge in [-0.3, -0.25) is 14.9 Å². The van der Waals surface area contributed by atoms with Gasteiger partial charge in [-0.25, -0.2) is 0 Å². The first-order chi connectivity index (χ1) is 9.02. The number of carbonyl (C=O) groups is 2. The zero-order valence-corrected chi connectivity index (χ0v) is 10.9. The van der Waals surface area contributed by atoms with Gasteiger partial charge in [-0.1, -0.05) is 0 Å². The van der Waals surface area contributed by atoms with Gasteiger partial charge in [-0.15, -0.1) is 0 Å². The van der Waals surface area contributed by atoms with Crippen LogP contribution in [-0.2, 0) is 9.59 Å². The molecular weight excluding hydrogens is 250 g/mol. The molecule has 0 aliphatic carbocycles. The number of carbonyl (C=O) groups excluding carboxylic acids is 1. The largest absolute Gasteiger partial charge is 0.494 e. The van der Waals surface area contributed by atoms with Crippen molar-refractivity contribution in [2.45, 2.75) is 19.9 Å². The van der Waals surface area contributed by atoms with Crippen LogP contribution in [0.4, 0.5) is 0 Å². The van der Waals surface area contributed by atoms with E-state index in [1.165, 1.54) is 6.92 Å². The molecule has 1 atom stereocenters. The van der Waals surface area contributed by atoms with Crippen LogP contribution in [0.15, 0.2) is 24.3 Å². The number of hydrogen-bond donors (Lipinski definition) is 2. The Labute approximate surface area is 111 Å². The highest BCUT2D eigenvalue weighted by Gasteiger charge is 2.12. The zero-order valence-electron chi connectivity index (χ0n) is 10.9. The lowest BCUT2D eigenvalue weighted by molar-refractivity contribution is -0.139. The summed E-state index contributed by atoms with van der Waals surface area (Å²) in [7, 11) is 0. The van der Waals surface area contributed by atoms with Gasteiger partial charge in [0.1, 0.15) is 17.5 Å². The second-order valence-corrected chi connectivity index (χ2v) is 3.82. The van der Waals surface area contributed by atoms with Crippen LogP contribution in [0.1, 0.15) is 13.8 Å². The molecule has 0 heterocycles. The number of benzene rings is 1. The summed E-state index contributed by atoms with van der Waals surface area (Å²) in [6.07, 6.45) is 0. The number of nitrogens with one attached hydrogen (secondary N) is 1. The van der Waals surface area contributed by atoms with Crippen LogP contribution >= 0.6 is 0 Å². The maximum Gasteiger partial charge on any atom is 0.325 e. The number of carboxylic acids is 1. The Kier molecular flexibility index (Phi) is 5.81. The third-order valence-corrected chi connectivity index (χ3v) is 2.29. The molecule has 0 aliphatic heterocycles. The van der Waals surface area contributed by atoms with Crippen LogP contribution in [0.3, 0.4) is 0 Å². The van der Waals surface area contributed by atoms with E-state index in [9.17, 15) is 9.59 Å². The first kappa shape index (κ1) is 15.0. The molecule has 104 valence electrons. The minimum absolute atomic E-state index is 0.166. The number of rotatable bonds is 7. The summed E-state index contributed by atoms with van der Waals surface area (Å²) in [5, 5.41) is 11.2. The van der Waals surface area contributed by atoms with Crippen molar-refractivity contribution in [1.82, 2.24) is 5.32 Å². The molecule has 0 unspecified atom stereocenters. The minimum atomic E-state index is -1.02. The lowest BCUT2D eigenvalue weighted by Gasteiger charge is -2.09. The van der Waals surface area contributed by atoms with Gasteiger partial charge < -0.3 is 14.6 Å². The molecule has 1 rings (SSSR count). The molecule has 0 aromatic heterocycles. The van der Waals surface area contributed by atoms with Crippen LogP contribution in [0, 0.1) is 0 Å². The Morgan fingerprint density at radius 2 is 1.84 bits per heavy atom. The predicted molar refractivity (Wildman–Crippen MR) is 68.3 cm³/mol. The zero-order chi connectivity index (χ0) is 14.3. The van der Waals surface area contributed by atoms with Crippen LogP contribution in [0.25, 0.3) is 0 Å². The second-order valence-electron chi connectivity index (χ2n) is 3.82. The van der Waals surface area contributed by atoms with Gasteiger partial charge in [0.2, 0.25) is 0 Å². The van der Waals surface area contributed by atoms with Crippen LogP contribution in [0.2, 0.25) is 0 Å². The highest BCUT2D eigenvalue weighted by molar-refractivity contribution is 5.77. The van der Waals surface area contributed by atoms with E-state index in [-0.39, 0.29) is 6.54 Å². The van der Waals surface area contributed by atoms with Crippen molar-refractivity contribution < 1.29 is 24.2 Å². The van der Waals surface area contributed by atoms with Crippen LogP contribution < -0.4 is 14.8 Å². The summed E-state index contributed by atoms with van der Waals surface area (Å²) in [4.78, 5) is 22.0. The van der Waals surface area contributed by atoms with Gasteiger partial charge >= 0.3 is 11.9 Å². The summed E-state index contributed by atoms with van der Waals surface area (Å²) >= 11 is 0. The van der Waals surface area contributed by atoms with E-state index in [1.54, 1.807) is 24.3 Å². The fourth-order valence-electron chi connectivity index (χ4n) is 1.26. The van der Waals surface area contributed by atoms with Gasteiger partial charge in [-0.05, 0) is 38.1 Å².